The molecule has 1 aliphatic heterocycles. The van der Waals surface area contributed by atoms with Crippen molar-refractivity contribution < 1.29 is 9.53 Å². The first kappa shape index (κ1) is 13.9. The van der Waals surface area contributed by atoms with Gasteiger partial charge in [0.1, 0.15) is 6.04 Å². The quantitative estimate of drug-likeness (QED) is 0.780. The summed E-state index contributed by atoms with van der Waals surface area (Å²) >= 11 is 6.20. The maximum absolute atomic E-state index is 11.7. The lowest BCUT2D eigenvalue weighted by Crippen LogP contribution is -2.35. The number of nitriles is 1. The van der Waals surface area contributed by atoms with Crippen LogP contribution in [-0.4, -0.2) is 31.1 Å². The number of methoxy groups -OCH3 is 1. The fourth-order valence-electron chi connectivity index (χ4n) is 2.69. The van der Waals surface area contributed by atoms with Crippen molar-refractivity contribution in [1.29, 1.82) is 5.26 Å². The van der Waals surface area contributed by atoms with E-state index >= 15 is 0 Å². The standard InChI is InChI=1S/C14H15ClN2O2/c1-17-12(14(18)19-2)7-9(8-16)13(17)10-5-3-4-6-11(10)15/h3-6,9,12-13H,7H2,1-2H3. The van der Waals surface area contributed by atoms with Crippen molar-refractivity contribution in [2.45, 2.75) is 18.5 Å². The smallest absolute Gasteiger partial charge is 0.323 e. The fourth-order valence-corrected chi connectivity index (χ4v) is 2.93. The zero-order chi connectivity index (χ0) is 14.0. The molecule has 4 nitrogen and oxygen atoms in total. The number of ether oxygens (including phenoxy) is 1. The fraction of sp³-hybridized carbons (Fsp3) is 0.429. The third-order valence-electron chi connectivity index (χ3n) is 3.65. The van der Waals surface area contributed by atoms with Gasteiger partial charge in [-0.05, 0) is 25.1 Å². The second kappa shape index (κ2) is 5.60. The molecule has 1 aliphatic rings. The highest BCUT2D eigenvalue weighted by atomic mass is 35.5. The zero-order valence-electron chi connectivity index (χ0n) is 10.8. The van der Waals surface area contributed by atoms with Crippen molar-refractivity contribution in [1.82, 2.24) is 4.90 Å². The first-order valence-corrected chi connectivity index (χ1v) is 6.41. The third-order valence-corrected chi connectivity index (χ3v) is 4.00. The molecule has 19 heavy (non-hydrogen) atoms. The van der Waals surface area contributed by atoms with Gasteiger partial charge in [-0.3, -0.25) is 9.69 Å². The normalized spacial score (nSPS) is 26.9. The van der Waals surface area contributed by atoms with Crippen molar-refractivity contribution in [3.05, 3.63) is 34.9 Å². The lowest BCUT2D eigenvalue weighted by molar-refractivity contribution is -0.145. The molecule has 0 amide bonds. The van der Waals surface area contributed by atoms with Crippen LogP contribution in [0.2, 0.25) is 5.02 Å². The Morgan fingerprint density at radius 2 is 2.21 bits per heavy atom. The van der Waals surface area contributed by atoms with E-state index in [4.69, 9.17) is 16.3 Å². The number of benzene rings is 1. The van der Waals surface area contributed by atoms with Crippen LogP contribution in [0.5, 0.6) is 0 Å². The van der Waals surface area contributed by atoms with Crippen LogP contribution in [0.3, 0.4) is 0 Å². The Bertz CT molecular complexity index is 526. The molecule has 1 aromatic carbocycles. The van der Waals surface area contributed by atoms with E-state index in [0.29, 0.717) is 11.4 Å². The predicted molar refractivity (Wildman–Crippen MR) is 71.5 cm³/mol. The highest BCUT2D eigenvalue weighted by molar-refractivity contribution is 6.31. The minimum absolute atomic E-state index is 0.178. The number of likely N-dealkylation sites (N-methyl/N-ethyl adjacent to an activating group) is 1. The summed E-state index contributed by atoms with van der Waals surface area (Å²) in [6.07, 6.45) is 0.468. The van der Waals surface area contributed by atoms with Crippen LogP contribution in [0.25, 0.3) is 0 Å². The summed E-state index contributed by atoms with van der Waals surface area (Å²) in [5, 5.41) is 9.92. The summed E-state index contributed by atoms with van der Waals surface area (Å²) in [6.45, 7) is 0. The molecule has 2 rings (SSSR count). The molecule has 0 spiro atoms. The Hall–Kier alpha value is -1.57. The first-order chi connectivity index (χ1) is 9.10. The average Bonchev–Trinajstić information content (AvgIpc) is 2.75. The van der Waals surface area contributed by atoms with Gasteiger partial charge in [0.2, 0.25) is 0 Å². The van der Waals surface area contributed by atoms with Crippen LogP contribution in [0.1, 0.15) is 18.0 Å². The highest BCUT2D eigenvalue weighted by Crippen LogP contribution is 2.42. The first-order valence-electron chi connectivity index (χ1n) is 6.04. The summed E-state index contributed by atoms with van der Waals surface area (Å²) in [7, 11) is 3.19. The van der Waals surface area contributed by atoms with Gasteiger partial charge < -0.3 is 4.74 Å². The highest BCUT2D eigenvalue weighted by Gasteiger charge is 2.44. The lowest BCUT2D eigenvalue weighted by atomic mass is 9.94. The number of carbonyl (C=O) groups excluding carboxylic acids is 1. The summed E-state index contributed by atoms with van der Waals surface area (Å²) in [6, 6.07) is 9.12. The van der Waals surface area contributed by atoms with Crippen LogP contribution in [0.15, 0.2) is 24.3 Å². The zero-order valence-corrected chi connectivity index (χ0v) is 11.6. The minimum Gasteiger partial charge on any atom is -0.468 e. The molecule has 3 atom stereocenters. The van der Waals surface area contributed by atoms with Crippen molar-refractivity contribution >= 4 is 17.6 Å². The number of carbonyl (C=O) groups is 1. The molecular weight excluding hydrogens is 264 g/mol. The van der Waals surface area contributed by atoms with Crippen LogP contribution in [0, 0.1) is 17.2 Å². The van der Waals surface area contributed by atoms with E-state index < -0.39 is 6.04 Å². The van der Waals surface area contributed by atoms with Gasteiger partial charge in [0.25, 0.3) is 0 Å². The van der Waals surface area contributed by atoms with E-state index in [9.17, 15) is 10.1 Å². The second-order valence-electron chi connectivity index (χ2n) is 4.64. The van der Waals surface area contributed by atoms with E-state index in [2.05, 4.69) is 6.07 Å². The maximum Gasteiger partial charge on any atom is 0.323 e. The molecule has 5 heteroatoms. The summed E-state index contributed by atoms with van der Waals surface area (Å²) in [5.74, 6) is -0.577. The molecule has 100 valence electrons. The Kier molecular flexibility index (Phi) is 4.08. The second-order valence-corrected chi connectivity index (χ2v) is 5.05. The molecule has 1 saturated heterocycles. The number of halogens is 1. The summed E-state index contributed by atoms with van der Waals surface area (Å²) < 4.78 is 4.79. The topological polar surface area (TPSA) is 53.3 Å². The van der Waals surface area contributed by atoms with Gasteiger partial charge in [0.15, 0.2) is 0 Å². The van der Waals surface area contributed by atoms with Gasteiger partial charge in [-0.25, -0.2) is 0 Å². The van der Waals surface area contributed by atoms with Crippen LogP contribution in [0.4, 0.5) is 0 Å². The van der Waals surface area contributed by atoms with Crippen LogP contribution in [-0.2, 0) is 9.53 Å². The van der Waals surface area contributed by atoms with Crippen LogP contribution < -0.4 is 0 Å². The van der Waals surface area contributed by atoms with E-state index in [-0.39, 0.29) is 17.9 Å². The van der Waals surface area contributed by atoms with Gasteiger partial charge in [-0.15, -0.1) is 0 Å². The van der Waals surface area contributed by atoms with Crippen LogP contribution >= 0.6 is 11.6 Å². The van der Waals surface area contributed by atoms with Gasteiger partial charge in [-0.1, -0.05) is 29.8 Å². The van der Waals surface area contributed by atoms with Gasteiger partial charge in [0.05, 0.1) is 25.1 Å². The largest absolute Gasteiger partial charge is 0.468 e. The van der Waals surface area contributed by atoms with Gasteiger partial charge >= 0.3 is 5.97 Å². The number of hydrogen-bond donors (Lipinski definition) is 0. The van der Waals surface area contributed by atoms with Crippen molar-refractivity contribution in [3.63, 3.8) is 0 Å². The maximum atomic E-state index is 11.7. The predicted octanol–water partition coefficient (Wildman–Crippen LogP) is 2.40. The molecule has 1 heterocycles. The molecular formula is C14H15ClN2O2. The number of rotatable bonds is 2. The summed E-state index contributed by atoms with van der Waals surface area (Å²) in [5.41, 5.74) is 0.879. The van der Waals surface area contributed by atoms with Gasteiger partial charge in [0, 0.05) is 5.02 Å². The van der Waals surface area contributed by atoms with Gasteiger partial charge in [-0.2, -0.15) is 5.26 Å². The monoisotopic (exact) mass is 278 g/mol. The van der Waals surface area contributed by atoms with E-state index in [1.165, 1.54) is 7.11 Å². The Labute approximate surface area is 117 Å². The van der Waals surface area contributed by atoms with Crippen molar-refractivity contribution in [3.8, 4) is 6.07 Å². The van der Waals surface area contributed by atoms with E-state index in [1.54, 1.807) is 6.07 Å². The van der Waals surface area contributed by atoms with Crippen molar-refractivity contribution in [2.75, 3.05) is 14.2 Å². The van der Waals surface area contributed by atoms with E-state index in [0.717, 1.165) is 5.56 Å². The van der Waals surface area contributed by atoms with Crippen molar-refractivity contribution in [2.24, 2.45) is 5.92 Å². The molecule has 0 saturated carbocycles. The Morgan fingerprint density at radius 1 is 1.53 bits per heavy atom. The number of hydrogen-bond acceptors (Lipinski definition) is 4. The minimum atomic E-state index is -0.393. The average molecular weight is 279 g/mol. The Balaban J connectivity index is 2.37. The number of esters is 1. The molecule has 0 radical (unpaired) electrons. The SMILES string of the molecule is COC(=O)C1CC(C#N)C(c2ccccc2Cl)N1C. The number of nitrogens with zero attached hydrogens (tertiary/aromatic N) is 2. The molecule has 3 unspecified atom stereocenters. The van der Waals surface area contributed by atoms with E-state index in [1.807, 2.05) is 30.1 Å². The molecule has 0 aromatic heterocycles. The third kappa shape index (κ3) is 2.44. The molecule has 1 fully saturated rings. The molecule has 0 N–H and O–H groups in total. The Morgan fingerprint density at radius 3 is 2.79 bits per heavy atom. The summed E-state index contributed by atoms with van der Waals surface area (Å²) in [4.78, 5) is 13.6. The number of likely N-dealkylation sites (tertiary alicyclic amines) is 1. The molecule has 0 bridgehead atoms. The molecule has 0 aliphatic carbocycles. The molecule has 1 aromatic rings. The lowest BCUT2D eigenvalue weighted by Gasteiger charge is -2.25.